The number of esters is 1. The third-order valence-electron chi connectivity index (χ3n) is 5.43. The predicted molar refractivity (Wildman–Crippen MR) is 116 cm³/mol. The fourth-order valence-corrected chi connectivity index (χ4v) is 3.95. The maximum absolute atomic E-state index is 12.9. The van der Waals surface area contributed by atoms with E-state index in [4.69, 9.17) is 9.16 Å². The van der Waals surface area contributed by atoms with Crippen molar-refractivity contribution in [2.45, 2.75) is 59.7 Å². The van der Waals surface area contributed by atoms with Crippen molar-refractivity contribution in [3.8, 4) is 5.75 Å². The minimum absolute atomic E-state index is 0.0341. The summed E-state index contributed by atoms with van der Waals surface area (Å²) in [6.07, 6.45) is 1.04. The lowest BCUT2D eigenvalue weighted by atomic mass is 9.86. The predicted octanol–water partition coefficient (Wildman–Crippen LogP) is 3.95. The summed E-state index contributed by atoms with van der Waals surface area (Å²) in [5, 5.41) is 2.23. The molecule has 1 N–H and O–H groups in total. The molecule has 0 heterocycles. The molecule has 0 saturated carbocycles. The van der Waals surface area contributed by atoms with Crippen LogP contribution < -0.4 is 9.74 Å². The molecule has 0 spiro atoms. The lowest BCUT2D eigenvalue weighted by Gasteiger charge is -2.37. The average molecular weight is 432 g/mol. The van der Waals surface area contributed by atoms with Crippen molar-refractivity contribution < 1.29 is 28.3 Å². The highest BCUT2D eigenvalue weighted by Gasteiger charge is 2.42. The van der Waals surface area contributed by atoms with Gasteiger partial charge >= 0.3 is 5.97 Å². The molecular formula is C22H29NO6Si. The maximum Gasteiger partial charge on any atom is 0.342 e. The number of benzene rings is 1. The van der Waals surface area contributed by atoms with E-state index in [-0.39, 0.29) is 39.8 Å². The van der Waals surface area contributed by atoms with Gasteiger partial charge in [-0.25, -0.2) is 4.79 Å². The molecule has 7 nitrogen and oxygen atoms in total. The third-order valence-corrected chi connectivity index (χ3v) is 9.76. The van der Waals surface area contributed by atoms with E-state index in [0.29, 0.717) is 5.56 Å². The van der Waals surface area contributed by atoms with Crippen LogP contribution in [0.2, 0.25) is 18.1 Å². The van der Waals surface area contributed by atoms with Crippen molar-refractivity contribution in [2.75, 3.05) is 6.61 Å². The maximum atomic E-state index is 12.9. The molecule has 0 aromatic heterocycles. The number of aryl methyl sites for hydroxylation is 1. The second-order valence-corrected chi connectivity index (χ2v) is 13.6. The number of carbonyl (C=O) groups excluding carboxylic acids is 4. The van der Waals surface area contributed by atoms with Gasteiger partial charge < -0.3 is 14.5 Å². The van der Waals surface area contributed by atoms with Crippen LogP contribution in [0.25, 0.3) is 0 Å². The van der Waals surface area contributed by atoms with Crippen LogP contribution in [0.5, 0.6) is 5.75 Å². The van der Waals surface area contributed by atoms with Crippen molar-refractivity contribution in [3.63, 3.8) is 0 Å². The standard InChI is InChI=1S/C22H29NO6Si/c1-9-28-21(27)18-17-14(19(26)15(11-16(17)25)23-13(3)24)10-12(2)20(18)29-30(7,8)22(4,5)6/h10-11H,9H2,1-8H3,(H,23,24). The van der Waals surface area contributed by atoms with Crippen LogP contribution in [0.1, 0.15) is 71.3 Å². The zero-order valence-corrected chi connectivity index (χ0v) is 19.8. The van der Waals surface area contributed by atoms with Crippen LogP contribution in [0, 0.1) is 6.92 Å². The van der Waals surface area contributed by atoms with Gasteiger partial charge in [0.2, 0.25) is 11.7 Å². The smallest absolute Gasteiger partial charge is 0.342 e. The number of nitrogens with one attached hydrogen (secondary N) is 1. The lowest BCUT2D eigenvalue weighted by Crippen LogP contribution is -2.44. The Kier molecular flexibility index (Phi) is 6.42. The quantitative estimate of drug-likeness (QED) is 0.560. The number of amides is 1. The summed E-state index contributed by atoms with van der Waals surface area (Å²) >= 11 is 0. The number of Topliss-reactive ketones (excluding diaryl/α,β-unsaturated/α-hetero) is 1. The molecule has 0 aliphatic heterocycles. The van der Waals surface area contributed by atoms with Crippen LogP contribution in [-0.2, 0) is 9.53 Å². The number of fused-ring (bicyclic) bond motifs is 1. The largest absolute Gasteiger partial charge is 0.543 e. The van der Waals surface area contributed by atoms with E-state index in [0.717, 1.165) is 6.08 Å². The molecule has 0 radical (unpaired) electrons. The Hall–Kier alpha value is -2.74. The summed E-state index contributed by atoms with van der Waals surface area (Å²) in [6, 6.07) is 1.54. The van der Waals surface area contributed by atoms with E-state index >= 15 is 0 Å². The molecule has 1 aromatic rings. The summed E-state index contributed by atoms with van der Waals surface area (Å²) in [7, 11) is -2.37. The number of hydrogen-bond donors (Lipinski definition) is 1. The van der Waals surface area contributed by atoms with Crippen LogP contribution >= 0.6 is 0 Å². The highest BCUT2D eigenvalue weighted by atomic mass is 28.4. The molecule has 8 heteroatoms. The molecule has 0 atom stereocenters. The number of allylic oxidation sites excluding steroid dienone is 2. The van der Waals surface area contributed by atoms with Crippen LogP contribution in [0.15, 0.2) is 17.8 Å². The zero-order valence-electron chi connectivity index (χ0n) is 18.8. The lowest BCUT2D eigenvalue weighted by molar-refractivity contribution is -0.118. The molecule has 1 aliphatic carbocycles. The van der Waals surface area contributed by atoms with Gasteiger partial charge in [0.05, 0.1) is 17.9 Å². The number of hydrogen-bond acceptors (Lipinski definition) is 6. The average Bonchev–Trinajstić information content (AvgIpc) is 2.59. The molecule has 1 amide bonds. The van der Waals surface area contributed by atoms with Gasteiger partial charge in [0.25, 0.3) is 8.32 Å². The molecule has 0 unspecified atom stereocenters. The summed E-state index contributed by atoms with van der Waals surface area (Å²) < 4.78 is 11.6. The van der Waals surface area contributed by atoms with Crippen molar-refractivity contribution >= 4 is 31.8 Å². The molecule has 2 rings (SSSR count). The molecule has 0 bridgehead atoms. The summed E-state index contributed by atoms with van der Waals surface area (Å²) in [5.74, 6) is -2.00. The summed E-state index contributed by atoms with van der Waals surface area (Å²) in [6.45, 7) is 15.0. The second kappa shape index (κ2) is 8.18. The SMILES string of the molecule is CCOC(=O)c1c(O[Si](C)(C)C(C)(C)C)c(C)cc2c1C(=O)C=C(NC(C)=O)C2=O. The topological polar surface area (TPSA) is 98.8 Å². The van der Waals surface area contributed by atoms with E-state index in [1.165, 1.54) is 13.0 Å². The van der Waals surface area contributed by atoms with Crippen molar-refractivity contribution in [1.29, 1.82) is 0 Å². The van der Waals surface area contributed by atoms with Gasteiger partial charge in [0, 0.05) is 18.6 Å². The first kappa shape index (κ1) is 23.5. The fraction of sp³-hybridized carbons (Fsp3) is 0.455. The Morgan fingerprint density at radius 1 is 1.17 bits per heavy atom. The summed E-state index contributed by atoms with van der Waals surface area (Å²) in [4.78, 5) is 50.2. The number of rotatable bonds is 5. The minimum Gasteiger partial charge on any atom is -0.543 e. The number of ether oxygens (including phenoxy) is 1. The molecule has 0 fully saturated rings. The van der Waals surface area contributed by atoms with Gasteiger partial charge in [-0.1, -0.05) is 20.8 Å². The van der Waals surface area contributed by atoms with Gasteiger partial charge in [-0.2, -0.15) is 0 Å². The first-order valence-electron chi connectivity index (χ1n) is 9.83. The van der Waals surface area contributed by atoms with Gasteiger partial charge in [0.1, 0.15) is 11.3 Å². The molecule has 1 aromatic carbocycles. The fourth-order valence-electron chi connectivity index (χ4n) is 2.87. The highest BCUT2D eigenvalue weighted by molar-refractivity contribution is 6.74. The Morgan fingerprint density at radius 3 is 2.27 bits per heavy atom. The van der Waals surface area contributed by atoms with Crippen molar-refractivity contribution in [3.05, 3.63) is 40.1 Å². The minimum atomic E-state index is -2.37. The van der Waals surface area contributed by atoms with E-state index in [1.54, 1.807) is 13.8 Å². The first-order chi connectivity index (χ1) is 13.7. The number of carbonyl (C=O) groups is 4. The van der Waals surface area contributed by atoms with Crippen molar-refractivity contribution in [2.24, 2.45) is 0 Å². The Morgan fingerprint density at radius 2 is 1.77 bits per heavy atom. The first-order valence-corrected chi connectivity index (χ1v) is 12.7. The van der Waals surface area contributed by atoms with E-state index in [9.17, 15) is 19.2 Å². The molecular weight excluding hydrogens is 402 g/mol. The van der Waals surface area contributed by atoms with E-state index < -0.39 is 31.8 Å². The van der Waals surface area contributed by atoms with Crippen LogP contribution in [0.4, 0.5) is 0 Å². The van der Waals surface area contributed by atoms with Crippen LogP contribution in [-0.4, -0.2) is 38.4 Å². The van der Waals surface area contributed by atoms with Gasteiger partial charge in [-0.3, -0.25) is 14.4 Å². The second-order valence-electron chi connectivity index (χ2n) is 8.84. The Labute approximate surface area is 178 Å². The van der Waals surface area contributed by atoms with Gasteiger partial charge in [-0.05, 0) is 43.6 Å². The molecule has 30 heavy (non-hydrogen) atoms. The Bertz CT molecular complexity index is 969. The number of ketones is 2. The zero-order chi connectivity index (χ0) is 23.0. The molecule has 0 saturated heterocycles. The molecule has 1 aliphatic rings. The monoisotopic (exact) mass is 431 g/mol. The van der Waals surface area contributed by atoms with E-state index in [2.05, 4.69) is 26.1 Å². The van der Waals surface area contributed by atoms with E-state index in [1.807, 2.05) is 13.1 Å². The highest BCUT2D eigenvalue weighted by Crippen LogP contribution is 2.41. The van der Waals surface area contributed by atoms with Crippen LogP contribution in [0.3, 0.4) is 0 Å². The van der Waals surface area contributed by atoms with Gasteiger partial charge in [0.15, 0.2) is 5.78 Å². The summed E-state index contributed by atoms with van der Waals surface area (Å²) in [5.41, 5.74) is 0.397. The normalized spacial score (nSPS) is 14.1. The van der Waals surface area contributed by atoms with Gasteiger partial charge in [-0.15, -0.1) is 0 Å². The Balaban J connectivity index is 2.78. The molecule has 162 valence electrons. The van der Waals surface area contributed by atoms with Crippen molar-refractivity contribution in [1.82, 2.24) is 5.32 Å². The third kappa shape index (κ3) is 4.38.